The number of rotatable bonds is 2. The predicted molar refractivity (Wildman–Crippen MR) is 77.6 cm³/mol. The molecular weight excluding hydrogens is 238 g/mol. The van der Waals surface area contributed by atoms with Gasteiger partial charge in [0.15, 0.2) is 0 Å². The Balaban J connectivity index is 2.43. The van der Waals surface area contributed by atoms with Crippen LogP contribution in [0.3, 0.4) is 0 Å². The van der Waals surface area contributed by atoms with Gasteiger partial charge in [-0.15, -0.1) is 0 Å². The van der Waals surface area contributed by atoms with Crippen molar-refractivity contribution in [3.05, 3.63) is 41.5 Å². The minimum absolute atomic E-state index is 0.786. The Labute approximate surface area is 113 Å². The van der Waals surface area contributed by atoms with Gasteiger partial charge in [0, 0.05) is 6.20 Å². The van der Waals surface area contributed by atoms with Gasteiger partial charge in [0.05, 0.1) is 12.8 Å². The molecule has 2 rings (SSSR count). The number of ether oxygens (including phenoxy) is 1. The molecule has 4 nitrogen and oxygen atoms in total. The zero-order chi connectivity index (χ0) is 14.0. The number of hydrogen-bond acceptors (Lipinski definition) is 3. The fraction of sp³-hybridized carbons (Fsp3) is 0.333. The first-order valence-electron chi connectivity index (χ1n) is 6.24. The van der Waals surface area contributed by atoms with Gasteiger partial charge >= 0.3 is 0 Å². The van der Waals surface area contributed by atoms with Gasteiger partial charge < -0.3 is 4.74 Å². The summed E-state index contributed by atoms with van der Waals surface area (Å²) in [6, 6.07) is 5.98. The summed E-state index contributed by atoms with van der Waals surface area (Å²) in [4.78, 5) is 9.01. The van der Waals surface area contributed by atoms with Gasteiger partial charge in [-0.3, -0.25) is 4.57 Å². The summed E-state index contributed by atoms with van der Waals surface area (Å²) in [6.45, 7) is 7.95. The van der Waals surface area contributed by atoms with Crippen LogP contribution in [-0.4, -0.2) is 22.5 Å². The van der Waals surface area contributed by atoms with E-state index in [0.717, 1.165) is 34.4 Å². The minimum Gasteiger partial charge on any atom is -0.494 e. The van der Waals surface area contributed by atoms with E-state index in [2.05, 4.69) is 9.98 Å². The van der Waals surface area contributed by atoms with Crippen molar-refractivity contribution < 1.29 is 4.74 Å². The van der Waals surface area contributed by atoms with Gasteiger partial charge in [-0.1, -0.05) is 6.07 Å². The molecule has 1 aromatic carbocycles. The molecule has 0 saturated heterocycles. The van der Waals surface area contributed by atoms with E-state index in [1.165, 1.54) is 0 Å². The van der Waals surface area contributed by atoms with E-state index in [4.69, 9.17) is 4.74 Å². The van der Waals surface area contributed by atoms with E-state index in [1.807, 2.05) is 56.7 Å². The molecule has 4 heteroatoms. The normalized spacial score (nSPS) is 11.7. The van der Waals surface area contributed by atoms with Crippen LogP contribution in [0.5, 0.6) is 5.75 Å². The van der Waals surface area contributed by atoms with Crippen molar-refractivity contribution in [3.8, 4) is 5.75 Å². The summed E-state index contributed by atoms with van der Waals surface area (Å²) in [5.41, 5.74) is 2.97. The molecular formula is C15H19N3O. The van der Waals surface area contributed by atoms with Crippen LogP contribution < -0.4 is 4.74 Å². The third kappa shape index (κ3) is 2.84. The number of nitrogens with zero attached hydrogens (tertiary/aromatic N) is 3. The molecule has 0 aliphatic carbocycles. The van der Waals surface area contributed by atoms with E-state index in [0.29, 0.717) is 0 Å². The summed E-state index contributed by atoms with van der Waals surface area (Å²) in [5, 5.41) is 0. The van der Waals surface area contributed by atoms with Crippen LogP contribution in [0.1, 0.15) is 24.0 Å². The molecule has 0 aliphatic heterocycles. The summed E-state index contributed by atoms with van der Waals surface area (Å²) in [7, 11) is 1.66. The Morgan fingerprint density at radius 1 is 1.26 bits per heavy atom. The highest BCUT2D eigenvalue weighted by Gasteiger charge is 2.06. The van der Waals surface area contributed by atoms with Gasteiger partial charge in [-0.2, -0.15) is 0 Å². The third-order valence-corrected chi connectivity index (χ3v) is 2.97. The fourth-order valence-electron chi connectivity index (χ4n) is 2.05. The summed E-state index contributed by atoms with van der Waals surface area (Å²) in [5.74, 6) is 2.60. The van der Waals surface area contributed by atoms with Crippen LogP contribution >= 0.6 is 0 Å². The van der Waals surface area contributed by atoms with Gasteiger partial charge in [0.2, 0.25) is 0 Å². The molecule has 0 radical (unpaired) electrons. The first kappa shape index (κ1) is 13.3. The Bertz CT molecular complexity index is 626. The van der Waals surface area contributed by atoms with Crippen molar-refractivity contribution in [2.45, 2.75) is 27.7 Å². The number of benzene rings is 1. The number of hydrogen-bond donors (Lipinski definition) is 0. The van der Waals surface area contributed by atoms with Gasteiger partial charge in [-0.05, 0) is 45.4 Å². The summed E-state index contributed by atoms with van der Waals surface area (Å²) < 4.78 is 7.35. The third-order valence-electron chi connectivity index (χ3n) is 2.97. The van der Waals surface area contributed by atoms with E-state index >= 15 is 0 Å². The standard InChI is InChI=1S/C15H19N3O/c1-10-6-7-14(15(8-10)19-5)17-13(4)18-9-11(2)16-12(18)3/h6-9H,1-5H3. The van der Waals surface area contributed by atoms with Crippen LogP contribution in [0.4, 0.5) is 5.69 Å². The van der Waals surface area contributed by atoms with Crippen molar-refractivity contribution in [1.29, 1.82) is 0 Å². The van der Waals surface area contributed by atoms with Gasteiger partial charge in [0.1, 0.15) is 23.1 Å². The molecule has 0 amide bonds. The molecule has 0 aliphatic rings. The molecule has 0 spiro atoms. The molecule has 0 fully saturated rings. The number of aryl methyl sites for hydroxylation is 3. The zero-order valence-electron chi connectivity index (χ0n) is 12.1. The lowest BCUT2D eigenvalue weighted by atomic mass is 10.2. The average molecular weight is 257 g/mol. The molecule has 1 heterocycles. The highest BCUT2D eigenvalue weighted by atomic mass is 16.5. The Hall–Kier alpha value is -2.10. The quantitative estimate of drug-likeness (QED) is 0.611. The highest BCUT2D eigenvalue weighted by Crippen LogP contribution is 2.28. The molecule has 2 aromatic rings. The van der Waals surface area contributed by atoms with Crippen molar-refractivity contribution in [2.75, 3.05) is 7.11 Å². The SMILES string of the molecule is COc1cc(C)ccc1N=C(C)n1cc(C)nc1C. The van der Waals surface area contributed by atoms with Crippen molar-refractivity contribution in [3.63, 3.8) is 0 Å². The van der Waals surface area contributed by atoms with E-state index in [1.54, 1.807) is 7.11 Å². The van der Waals surface area contributed by atoms with E-state index in [-0.39, 0.29) is 0 Å². The van der Waals surface area contributed by atoms with Crippen molar-refractivity contribution in [2.24, 2.45) is 4.99 Å². The molecule has 19 heavy (non-hydrogen) atoms. The van der Waals surface area contributed by atoms with Crippen molar-refractivity contribution >= 4 is 11.5 Å². The molecule has 0 atom stereocenters. The van der Waals surface area contributed by atoms with Crippen LogP contribution in [0, 0.1) is 20.8 Å². The second kappa shape index (κ2) is 5.26. The lowest BCUT2D eigenvalue weighted by molar-refractivity contribution is 0.416. The molecule has 1 aromatic heterocycles. The highest BCUT2D eigenvalue weighted by molar-refractivity contribution is 5.86. The van der Waals surface area contributed by atoms with E-state index < -0.39 is 0 Å². The average Bonchev–Trinajstić information content (AvgIpc) is 2.70. The predicted octanol–water partition coefficient (Wildman–Crippen LogP) is 3.42. The molecule has 0 saturated carbocycles. The summed E-state index contributed by atoms with van der Waals surface area (Å²) in [6.07, 6.45) is 1.98. The largest absolute Gasteiger partial charge is 0.494 e. The van der Waals surface area contributed by atoms with Crippen molar-refractivity contribution in [1.82, 2.24) is 9.55 Å². The van der Waals surface area contributed by atoms with Gasteiger partial charge in [-0.25, -0.2) is 9.98 Å². The first-order valence-corrected chi connectivity index (χ1v) is 6.24. The Kier molecular flexibility index (Phi) is 3.69. The molecule has 0 bridgehead atoms. The minimum atomic E-state index is 0.786. The Morgan fingerprint density at radius 2 is 2.00 bits per heavy atom. The molecule has 0 N–H and O–H groups in total. The number of imidazole rings is 1. The van der Waals surface area contributed by atoms with E-state index in [9.17, 15) is 0 Å². The van der Waals surface area contributed by atoms with Crippen LogP contribution in [0.25, 0.3) is 0 Å². The first-order chi connectivity index (χ1) is 9.01. The number of aromatic nitrogens is 2. The smallest absolute Gasteiger partial charge is 0.144 e. The topological polar surface area (TPSA) is 39.4 Å². The molecule has 100 valence electrons. The summed E-state index contributed by atoms with van der Waals surface area (Å²) >= 11 is 0. The number of aliphatic imine (C=N–C) groups is 1. The second-order valence-corrected chi connectivity index (χ2v) is 4.63. The molecule has 0 unspecified atom stereocenters. The monoisotopic (exact) mass is 257 g/mol. The van der Waals surface area contributed by atoms with Crippen LogP contribution in [-0.2, 0) is 0 Å². The maximum absolute atomic E-state index is 5.37. The zero-order valence-corrected chi connectivity index (χ0v) is 12.1. The lowest BCUT2D eigenvalue weighted by Gasteiger charge is -2.08. The number of methoxy groups -OCH3 is 1. The Morgan fingerprint density at radius 3 is 2.58 bits per heavy atom. The maximum Gasteiger partial charge on any atom is 0.144 e. The van der Waals surface area contributed by atoms with Crippen LogP contribution in [0.15, 0.2) is 29.4 Å². The fourth-order valence-corrected chi connectivity index (χ4v) is 2.05. The second-order valence-electron chi connectivity index (χ2n) is 4.63. The lowest BCUT2D eigenvalue weighted by Crippen LogP contribution is -2.07. The van der Waals surface area contributed by atoms with Gasteiger partial charge in [0.25, 0.3) is 0 Å². The van der Waals surface area contributed by atoms with Crippen LogP contribution in [0.2, 0.25) is 0 Å². The maximum atomic E-state index is 5.37.